The van der Waals surface area contributed by atoms with Crippen LogP contribution in [0.4, 0.5) is 0 Å². The van der Waals surface area contributed by atoms with Gasteiger partial charge in [0.25, 0.3) is 0 Å². The first-order valence-corrected chi connectivity index (χ1v) is 15.4. The van der Waals surface area contributed by atoms with Crippen LogP contribution in [-0.2, 0) is 21.1 Å². The Labute approximate surface area is 282 Å². The van der Waals surface area contributed by atoms with Crippen molar-refractivity contribution < 1.29 is 30.2 Å². The normalized spacial score (nSPS) is 11.7. The van der Waals surface area contributed by atoms with Crippen molar-refractivity contribution in [2.24, 2.45) is 0 Å². The molecule has 3 heterocycles. The van der Waals surface area contributed by atoms with Gasteiger partial charge in [0.15, 0.2) is 0 Å². The molecule has 0 saturated carbocycles. The van der Waals surface area contributed by atoms with Gasteiger partial charge in [0.1, 0.15) is 5.58 Å². The molecule has 0 radical (unpaired) electrons. The third-order valence-corrected chi connectivity index (χ3v) is 8.53. The van der Waals surface area contributed by atoms with E-state index in [1.165, 1.54) is 16.8 Å². The number of aromatic nitrogens is 3. The summed E-state index contributed by atoms with van der Waals surface area (Å²) in [6.07, 6.45) is 5.70. The molecule has 3 aromatic heterocycles. The average Bonchev–Trinajstić information content (AvgIpc) is 3.70. The molecule has 0 aliphatic carbocycles. The number of pyridine rings is 1. The van der Waals surface area contributed by atoms with Gasteiger partial charge >= 0.3 is 21.1 Å². The summed E-state index contributed by atoms with van der Waals surface area (Å²) in [4.78, 5) is 9.51. The van der Waals surface area contributed by atoms with Gasteiger partial charge in [-0.2, -0.15) is 0 Å². The SMILES string of the molecule is CC(C)c1cccc(C(C)C)c1-n1ccnc1-c1[c-]c(Oc2[c-]c3c(ccc4cccnc43)c3oc4ccccc4c23)ccc1.[Pt+2]. The molecule has 0 spiro atoms. The third kappa shape index (κ3) is 4.91. The van der Waals surface area contributed by atoms with Gasteiger partial charge in [0.2, 0.25) is 0 Å². The predicted octanol–water partition coefficient (Wildman–Crippen LogP) is 10.8. The van der Waals surface area contributed by atoms with Crippen LogP contribution in [0.1, 0.15) is 50.7 Å². The summed E-state index contributed by atoms with van der Waals surface area (Å²) in [6, 6.07) is 35.8. The minimum absolute atomic E-state index is 0. The van der Waals surface area contributed by atoms with E-state index in [1.807, 2.05) is 54.9 Å². The predicted molar refractivity (Wildman–Crippen MR) is 181 cm³/mol. The number of rotatable bonds is 6. The molecule has 6 heteroatoms. The maximum atomic E-state index is 6.69. The topological polar surface area (TPSA) is 53.1 Å². The summed E-state index contributed by atoms with van der Waals surface area (Å²) in [5.41, 5.74) is 7.00. The fourth-order valence-corrected chi connectivity index (χ4v) is 6.39. The zero-order valence-corrected chi connectivity index (χ0v) is 28.2. The summed E-state index contributed by atoms with van der Waals surface area (Å²) < 4.78 is 15.3. The smallest absolute Gasteiger partial charge is 0.496 e. The van der Waals surface area contributed by atoms with E-state index in [9.17, 15) is 0 Å². The van der Waals surface area contributed by atoms with Crippen molar-refractivity contribution in [2.75, 3.05) is 0 Å². The molecular weight excluding hydrogens is 750 g/mol. The van der Waals surface area contributed by atoms with Gasteiger partial charge in [-0.1, -0.05) is 99.8 Å². The van der Waals surface area contributed by atoms with Crippen molar-refractivity contribution in [3.05, 3.63) is 127 Å². The van der Waals surface area contributed by atoms with Crippen LogP contribution in [0.3, 0.4) is 0 Å². The van der Waals surface area contributed by atoms with Crippen LogP contribution in [0.15, 0.2) is 108 Å². The Bertz CT molecular complexity index is 2360. The van der Waals surface area contributed by atoms with Crippen molar-refractivity contribution >= 4 is 43.6 Å². The van der Waals surface area contributed by atoms with Crippen molar-refractivity contribution in [1.82, 2.24) is 14.5 Å². The van der Waals surface area contributed by atoms with E-state index in [0.717, 1.165) is 55.0 Å². The molecule has 0 atom stereocenters. The zero-order valence-electron chi connectivity index (χ0n) is 25.9. The molecule has 8 aromatic rings. The third-order valence-electron chi connectivity index (χ3n) is 8.53. The summed E-state index contributed by atoms with van der Waals surface area (Å²) in [6.45, 7) is 8.94. The molecule has 0 amide bonds. The summed E-state index contributed by atoms with van der Waals surface area (Å²) in [5, 5.41) is 4.68. The molecule has 228 valence electrons. The van der Waals surface area contributed by atoms with Crippen LogP contribution in [0, 0.1) is 12.1 Å². The van der Waals surface area contributed by atoms with Gasteiger partial charge in [-0.3, -0.25) is 4.98 Å². The van der Waals surface area contributed by atoms with Crippen LogP contribution in [0.5, 0.6) is 11.5 Å². The summed E-state index contributed by atoms with van der Waals surface area (Å²) in [5.74, 6) is 2.66. The fraction of sp³-hybridized carbons (Fsp3) is 0.150. The summed E-state index contributed by atoms with van der Waals surface area (Å²) >= 11 is 0. The number of para-hydroxylation sites is 2. The Morgan fingerprint density at radius 3 is 2.33 bits per heavy atom. The Kier molecular flexibility index (Phi) is 7.74. The van der Waals surface area contributed by atoms with E-state index in [-0.39, 0.29) is 21.1 Å². The maximum absolute atomic E-state index is 6.69. The monoisotopic (exact) mass is 780 g/mol. The minimum atomic E-state index is 0. The van der Waals surface area contributed by atoms with E-state index >= 15 is 0 Å². The van der Waals surface area contributed by atoms with Gasteiger partial charge in [0, 0.05) is 30.0 Å². The molecule has 0 aliphatic heterocycles. The van der Waals surface area contributed by atoms with Gasteiger partial charge in [0.05, 0.1) is 17.2 Å². The van der Waals surface area contributed by atoms with E-state index < -0.39 is 0 Å². The van der Waals surface area contributed by atoms with E-state index in [1.54, 1.807) is 6.20 Å². The minimum Gasteiger partial charge on any atom is -0.496 e. The van der Waals surface area contributed by atoms with E-state index in [2.05, 4.69) is 86.9 Å². The zero-order chi connectivity index (χ0) is 30.7. The van der Waals surface area contributed by atoms with Gasteiger partial charge in [-0.05, 0) is 56.8 Å². The number of ether oxygens (including phenoxy) is 1. The molecule has 0 bridgehead atoms. The second-order valence-electron chi connectivity index (χ2n) is 12.1. The molecule has 5 nitrogen and oxygen atoms in total. The number of nitrogens with zero attached hydrogens (tertiary/aromatic N) is 3. The van der Waals surface area contributed by atoms with Crippen molar-refractivity contribution in [2.45, 2.75) is 39.5 Å². The average molecular weight is 781 g/mol. The van der Waals surface area contributed by atoms with Crippen LogP contribution < -0.4 is 4.74 Å². The van der Waals surface area contributed by atoms with Gasteiger partial charge in [-0.15, -0.1) is 29.1 Å². The molecule has 8 rings (SSSR count). The Morgan fingerprint density at radius 2 is 1.52 bits per heavy atom. The quantitative estimate of drug-likeness (QED) is 0.125. The van der Waals surface area contributed by atoms with Gasteiger partial charge < -0.3 is 18.7 Å². The number of fused-ring (bicyclic) bond motifs is 7. The first-order valence-electron chi connectivity index (χ1n) is 15.4. The van der Waals surface area contributed by atoms with Crippen molar-refractivity contribution in [1.29, 1.82) is 0 Å². The number of hydrogen-bond donors (Lipinski definition) is 0. The second kappa shape index (κ2) is 11.9. The first kappa shape index (κ1) is 30.0. The molecule has 46 heavy (non-hydrogen) atoms. The number of furan rings is 1. The molecule has 5 aromatic carbocycles. The molecule has 0 aliphatic rings. The first-order chi connectivity index (χ1) is 22.0. The molecule has 0 N–H and O–H groups in total. The fourth-order valence-electron chi connectivity index (χ4n) is 6.39. The Balaban J connectivity index is 0.00000338. The van der Waals surface area contributed by atoms with Gasteiger partial charge in [-0.25, -0.2) is 0 Å². The second-order valence-corrected chi connectivity index (χ2v) is 12.1. The van der Waals surface area contributed by atoms with Crippen LogP contribution in [-0.4, -0.2) is 14.5 Å². The number of hydrogen-bond acceptors (Lipinski definition) is 4. The standard InChI is InChI=1S/C40H31N3O2.Pt/c1-24(2)29-14-8-15-30(25(3)4)38(29)43-21-20-42-40(43)27-10-7-12-28(22-27)44-35-23-33-31(18-17-26-11-9-19-41-37(26)33)39-36(35)32-13-5-6-16-34(32)45-39;/h5-21,24-25H,1-4H3;/q-2;+2. The number of imidazole rings is 1. The maximum Gasteiger partial charge on any atom is 2.00 e. The van der Waals surface area contributed by atoms with E-state index in [4.69, 9.17) is 19.1 Å². The summed E-state index contributed by atoms with van der Waals surface area (Å²) in [7, 11) is 0. The molecule has 0 saturated heterocycles. The van der Waals surface area contributed by atoms with Crippen LogP contribution in [0.25, 0.3) is 60.7 Å². The largest absolute Gasteiger partial charge is 2.00 e. The number of benzene rings is 5. The Morgan fingerprint density at radius 1 is 0.739 bits per heavy atom. The van der Waals surface area contributed by atoms with Crippen molar-refractivity contribution in [3.8, 4) is 28.6 Å². The van der Waals surface area contributed by atoms with Crippen LogP contribution in [0.2, 0.25) is 0 Å². The van der Waals surface area contributed by atoms with Crippen molar-refractivity contribution in [3.63, 3.8) is 0 Å². The van der Waals surface area contributed by atoms with E-state index in [0.29, 0.717) is 23.3 Å². The molecular formula is C40H31N3O2Pt. The molecule has 0 unspecified atom stereocenters. The van der Waals surface area contributed by atoms with Crippen LogP contribution >= 0.6 is 0 Å². The Hall–Kier alpha value is -4.73. The molecule has 0 fully saturated rings.